The van der Waals surface area contributed by atoms with Gasteiger partial charge >= 0.3 is 0 Å². The van der Waals surface area contributed by atoms with E-state index in [0.29, 0.717) is 24.1 Å². The second-order valence-corrected chi connectivity index (χ2v) is 8.82. The first-order chi connectivity index (χ1) is 10.5. The van der Waals surface area contributed by atoms with Crippen LogP contribution in [0.2, 0.25) is 0 Å². The molecule has 22 heavy (non-hydrogen) atoms. The van der Waals surface area contributed by atoms with Crippen molar-refractivity contribution in [2.45, 2.75) is 70.5 Å². The van der Waals surface area contributed by atoms with Crippen LogP contribution in [0.1, 0.15) is 45.3 Å². The van der Waals surface area contributed by atoms with Gasteiger partial charge in [-0.05, 0) is 18.3 Å². The van der Waals surface area contributed by atoms with Crippen LogP contribution in [0.25, 0.3) is 0 Å². The number of fused-ring (bicyclic) bond motifs is 1. The molecule has 0 bridgehead atoms. The molecule has 0 unspecified atom stereocenters. The van der Waals surface area contributed by atoms with Gasteiger partial charge in [0.1, 0.15) is 12.4 Å². The number of hydrogen-bond acceptors (Lipinski definition) is 5. The molecule has 1 aromatic rings. The molecular weight excluding hydrogens is 296 g/mol. The molecule has 0 amide bonds. The number of rotatable bonds is 4. The zero-order valence-corrected chi connectivity index (χ0v) is 14.9. The quantitative estimate of drug-likeness (QED) is 0.920. The first kappa shape index (κ1) is 16.3. The zero-order valence-electron chi connectivity index (χ0n) is 14.1. The van der Waals surface area contributed by atoms with Gasteiger partial charge in [-0.1, -0.05) is 20.8 Å². The van der Waals surface area contributed by atoms with E-state index in [2.05, 4.69) is 52.6 Å². The Kier molecular flexibility index (Phi) is 4.80. The Hall–Kier alpha value is -0.590. The van der Waals surface area contributed by atoms with Gasteiger partial charge in [0.25, 0.3) is 0 Å². The summed E-state index contributed by atoms with van der Waals surface area (Å²) in [4.78, 5) is 4.55. The molecule has 5 nitrogen and oxygen atoms in total. The lowest BCUT2D eigenvalue weighted by Crippen LogP contribution is -2.44. The summed E-state index contributed by atoms with van der Waals surface area (Å²) in [5.41, 5.74) is 0.405. The summed E-state index contributed by atoms with van der Waals surface area (Å²) in [6.45, 7) is 8.50. The fraction of sp³-hybridized carbons (Fsp3) is 0.875. The Morgan fingerprint density at radius 1 is 1.36 bits per heavy atom. The molecule has 2 aliphatic heterocycles. The molecule has 0 aliphatic carbocycles. The molecule has 0 saturated carbocycles. The van der Waals surface area contributed by atoms with Crippen LogP contribution in [0.3, 0.4) is 0 Å². The molecular formula is C16H28N4OS. The van der Waals surface area contributed by atoms with Crippen molar-refractivity contribution in [2.75, 3.05) is 12.9 Å². The highest BCUT2D eigenvalue weighted by Gasteiger charge is 2.35. The van der Waals surface area contributed by atoms with Crippen molar-refractivity contribution in [1.82, 2.24) is 20.1 Å². The van der Waals surface area contributed by atoms with E-state index < -0.39 is 0 Å². The van der Waals surface area contributed by atoms with Gasteiger partial charge in [0.2, 0.25) is 0 Å². The largest absolute Gasteiger partial charge is 0.377 e. The summed E-state index contributed by atoms with van der Waals surface area (Å²) in [5, 5.41) is 9.18. The third-order valence-corrected chi connectivity index (χ3v) is 6.51. The summed E-state index contributed by atoms with van der Waals surface area (Å²) >= 11 is 2.13. The molecule has 6 heteroatoms. The first-order valence-corrected chi connectivity index (χ1v) is 9.30. The topological polar surface area (TPSA) is 52.0 Å². The highest BCUT2D eigenvalue weighted by Crippen LogP contribution is 2.39. The summed E-state index contributed by atoms with van der Waals surface area (Å²) in [5.74, 6) is 3.15. The van der Waals surface area contributed by atoms with Gasteiger partial charge in [0, 0.05) is 36.6 Å². The first-order valence-electron chi connectivity index (χ1n) is 8.25. The number of nitrogens with zero attached hydrogens (tertiary/aromatic N) is 3. The third-order valence-electron chi connectivity index (χ3n) is 4.61. The fourth-order valence-corrected chi connectivity index (χ4v) is 4.93. The smallest absolute Gasteiger partial charge is 0.176 e. The van der Waals surface area contributed by atoms with Crippen LogP contribution >= 0.6 is 11.8 Å². The van der Waals surface area contributed by atoms with Crippen molar-refractivity contribution in [3.63, 3.8) is 0 Å². The summed E-state index contributed by atoms with van der Waals surface area (Å²) in [6.07, 6.45) is 3.45. The van der Waals surface area contributed by atoms with Crippen LogP contribution in [0.15, 0.2) is 0 Å². The van der Waals surface area contributed by atoms with Gasteiger partial charge in [-0.25, -0.2) is 9.67 Å². The van der Waals surface area contributed by atoms with Crippen LogP contribution < -0.4 is 5.32 Å². The van der Waals surface area contributed by atoms with E-state index in [-0.39, 0.29) is 0 Å². The predicted octanol–water partition coefficient (Wildman–Crippen LogP) is 2.25. The van der Waals surface area contributed by atoms with Crippen molar-refractivity contribution < 1.29 is 4.74 Å². The molecule has 3 heterocycles. The average molecular weight is 324 g/mol. The van der Waals surface area contributed by atoms with Crippen molar-refractivity contribution >= 4 is 11.8 Å². The predicted molar refractivity (Wildman–Crippen MR) is 90.1 cm³/mol. The number of thioether (sulfide) groups is 1. The molecule has 1 saturated heterocycles. The fourth-order valence-electron chi connectivity index (χ4n) is 3.37. The number of methoxy groups -OCH3 is 1. The minimum Gasteiger partial charge on any atom is -0.377 e. The Morgan fingerprint density at radius 2 is 2.18 bits per heavy atom. The maximum atomic E-state index is 5.13. The Labute approximate surface area is 137 Å². The van der Waals surface area contributed by atoms with Gasteiger partial charge in [-0.15, -0.1) is 0 Å². The maximum Gasteiger partial charge on any atom is 0.176 e. The molecule has 2 aliphatic rings. The lowest BCUT2D eigenvalue weighted by molar-refractivity contribution is 0.177. The average Bonchev–Trinajstić information content (AvgIpc) is 3.04. The molecule has 0 aromatic carbocycles. The van der Waals surface area contributed by atoms with Crippen molar-refractivity contribution in [2.24, 2.45) is 5.41 Å². The van der Waals surface area contributed by atoms with Gasteiger partial charge in [-0.3, -0.25) is 0 Å². The monoisotopic (exact) mass is 324 g/mol. The number of aromatic nitrogens is 3. The minimum absolute atomic E-state index is 0.405. The number of nitrogens with one attached hydrogen (secondary N) is 1. The van der Waals surface area contributed by atoms with E-state index in [1.165, 1.54) is 12.2 Å². The molecule has 1 fully saturated rings. The zero-order chi connectivity index (χ0) is 15.7. The molecule has 124 valence electrons. The van der Waals surface area contributed by atoms with Crippen molar-refractivity contribution in [1.29, 1.82) is 0 Å². The van der Waals surface area contributed by atoms with Gasteiger partial charge in [0.05, 0.1) is 6.54 Å². The second-order valence-electron chi connectivity index (χ2n) is 7.58. The number of ether oxygens (including phenoxy) is 1. The van der Waals surface area contributed by atoms with E-state index >= 15 is 0 Å². The molecule has 3 rings (SSSR count). The van der Waals surface area contributed by atoms with Crippen LogP contribution in [0.5, 0.6) is 0 Å². The standard InChI is InChI=1S/C16H28N4OS/c1-16(2,3)13-7-12(10-22-13)17-11-5-6-15-18-14(9-21-4)19-20(15)8-11/h11-13,17H,5-10H2,1-4H3/t11-,12+,13-/m1/s1. The Morgan fingerprint density at radius 3 is 2.86 bits per heavy atom. The van der Waals surface area contributed by atoms with E-state index in [9.17, 15) is 0 Å². The molecule has 0 spiro atoms. The summed E-state index contributed by atoms with van der Waals surface area (Å²) < 4.78 is 7.20. The van der Waals surface area contributed by atoms with E-state index in [0.717, 1.165) is 36.3 Å². The highest BCUT2D eigenvalue weighted by atomic mass is 32.2. The minimum atomic E-state index is 0.405. The van der Waals surface area contributed by atoms with E-state index in [4.69, 9.17) is 4.74 Å². The molecule has 0 radical (unpaired) electrons. The van der Waals surface area contributed by atoms with Crippen LogP contribution in [-0.2, 0) is 24.3 Å². The maximum absolute atomic E-state index is 5.13. The Balaban J connectivity index is 1.55. The summed E-state index contributed by atoms with van der Waals surface area (Å²) in [7, 11) is 1.69. The van der Waals surface area contributed by atoms with Gasteiger partial charge < -0.3 is 10.1 Å². The lowest BCUT2D eigenvalue weighted by Gasteiger charge is -2.28. The van der Waals surface area contributed by atoms with Gasteiger partial charge in [-0.2, -0.15) is 16.9 Å². The number of aryl methyl sites for hydroxylation is 1. The molecule has 1 aromatic heterocycles. The lowest BCUT2D eigenvalue weighted by atomic mass is 9.88. The molecule has 3 atom stereocenters. The number of hydrogen-bond donors (Lipinski definition) is 1. The van der Waals surface area contributed by atoms with E-state index in [1.807, 2.05) is 0 Å². The SMILES string of the molecule is COCc1nc2n(n1)C[C@H](N[C@@H]1CS[C@@H](C(C)(C)C)C1)CC2. The van der Waals surface area contributed by atoms with E-state index in [1.54, 1.807) is 7.11 Å². The third kappa shape index (κ3) is 3.66. The Bertz CT molecular complexity index is 511. The van der Waals surface area contributed by atoms with Crippen molar-refractivity contribution in [3.05, 3.63) is 11.6 Å². The second kappa shape index (κ2) is 6.49. The van der Waals surface area contributed by atoms with Crippen molar-refractivity contribution in [3.8, 4) is 0 Å². The van der Waals surface area contributed by atoms with Gasteiger partial charge in [0.15, 0.2) is 5.82 Å². The van der Waals surface area contributed by atoms with Crippen LogP contribution in [0.4, 0.5) is 0 Å². The summed E-state index contributed by atoms with van der Waals surface area (Å²) in [6, 6.07) is 1.16. The molecule has 1 N–H and O–H groups in total. The normalized spacial score (nSPS) is 28.8. The van der Waals surface area contributed by atoms with Crippen LogP contribution in [0, 0.1) is 5.41 Å². The highest BCUT2D eigenvalue weighted by molar-refractivity contribution is 8.00. The van der Waals surface area contributed by atoms with Crippen LogP contribution in [-0.4, -0.2) is 45.0 Å².